The van der Waals surface area contributed by atoms with Gasteiger partial charge in [0.15, 0.2) is 0 Å². The SMILES string of the molecule is CC(NC(=O)NCC(O)c1ccco1)c1ccccc1Cl. The normalized spacial score (nSPS) is 13.5. The Morgan fingerprint density at radius 1 is 1.33 bits per heavy atom. The molecule has 6 heteroatoms. The molecule has 2 unspecified atom stereocenters. The highest BCUT2D eigenvalue weighted by Gasteiger charge is 2.14. The molecule has 0 radical (unpaired) electrons. The summed E-state index contributed by atoms with van der Waals surface area (Å²) in [7, 11) is 0. The molecule has 2 atom stereocenters. The number of aliphatic hydroxyl groups excluding tert-OH is 1. The molecule has 0 saturated carbocycles. The quantitative estimate of drug-likeness (QED) is 0.795. The van der Waals surface area contributed by atoms with Crippen molar-refractivity contribution in [2.45, 2.75) is 19.1 Å². The van der Waals surface area contributed by atoms with Crippen LogP contribution < -0.4 is 10.6 Å². The zero-order valence-corrected chi connectivity index (χ0v) is 12.3. The predicted octanol–water partition coefficient (Wildman–Crippen LogP) is 3.03. The van der Waals surface area contributed by atoms with Gasteiger partial charge in [0.1, 0.15) is 11.9 Å². The molecule has 2 rings (SSSR count). The second kappa shape index (κ2) is 7.15. The van der Waals surface area contributed by atoms with E-state index in [0.29, 0.717) is 10.8 Å². The molecule has 2 aromatic rings. The van der Waals surface area contributed by atoms with E-state index in [1.165, 1.54) is 6.26 Å². The number of benzene rings is 1. The van der Waals surface area contributed by atoms with E-state index in [1.807, 2.05) is 25.1 Å². The second-order valence-electron chi connectivity index (χ2n) is 4.63. The number of hydrogen-bond donors (Lipinski definition) is 3. The highest BCUT2D eigenvalue weighted by Crippen LogP contribution is 2.21. The van der Waals surface area contributed by atoms with Crippen molar-refractivity contribution in [3.8, 4) is 0 Å². The fourth-order valence-corrected chi connectivity index (χ4v) is 2.22. The molecule has 112 valence electrons. The maximum Gasteiger partial charge on any atom is 0.315 e. The molecular weight excluding hydrogens is 292 g/mol. The van der Waals surface area contributed by atoms with Crippen molar-refractivity contribution in [2.24, 2.45) is 0 Å². The van der Waals surface area contributed by atoms with E-state index in [2.05, 4.69) is 10.6 Å². The van der Waals surface area contributed by atoms with Crippen LogP contribution in [0.4, 0.5) is 4.79 Å². The fourth-order valence-electron chi connectivity index (χ4n) is 1.92. The zero-order chi connectivity index (χ0) is 15.2. The number of rotatable bonds is 5. The van der Waals surface area contributed by atoms with E-state index >= 15 is 0 Å². The number of furan rings is 1. The highest BCUT2D eigenvalue weighted by molar-refractivity contribution is 6.31. The fraction of sp³-hybridized carbons (Fsp3) is 0.267. The van der Waals surface area contributed by atoms with Crippen LogP contribution in [0.3, 0.4) is 0 Å². The van der Waals surface area contributed by atoms with Gasteiger partial charge in [-0.1, -0.05) is 29.8 Å². The molecule has 1 heterocycles. The van der Waals surface area contributed by atoms with Crippen molar-refractivity contribution < 1.29 is 14.3 Å². The van der Waals surface area contributed by atoms with Gasteiger partial charge in [0.25, 0.3) is 0 Å². The third-order valence-corrected chi connectivity index (χ3v) is 3.39. The largest absolute Gasteiger partial charge is 0.467 e. The van der Waals surface area contributed by atoms with Crippen molar-refractivity contribution in [3.63, 3.8) is 0 Å². The van der Waals surface area contributed by atoms with Crippen LogP contribution in [0.1, 0.15) is 30.4 Å². The van der Waals surface area contributed by atoms with Crippen LogP contribution in [0, 0.1) is 0 Å². The summed E-state index contributed by atoms with van der Waals surface area (Å²) in [5.74, 6) is 0.412. The number of halogens is 1. The summed E-state index contributed by atoms with van der Waals surface area (Å²) in [6, 6.07) is 10.0. The first-order chi connectivity index (χ1) is 10.1. The van der Waals surface area contributed by atoms with Crippen molar-refractivity contribution in [1.29, 1.82) is 0 Å². The Kier molecular flexibility index (Phi) is 5.25. The Balaban J connectivity index is 1.83. The molecule has 0 aliphatic carbocycles. The molecule has 1 aromatic carbocycles. The summed E-state index contributed by atoms with van der Waals surface area (Å²) in [6.45, 7) is 1.90. The summed E-state index contributed by atoms with van der Waals surface area (Å²) >= 11 is 6.07. The van der Waals surface area contributed by atoms with E-state index in [9.17, 15) is 9.90 Å². The van der Waals surface area contributed by atoms with Gasteiger partial charge in [-0.3, -0.25) is 0 Å². The summed E-state index contributed by atoms with van der Waals surface area (Å²) in [5.41, 5.74) is 0.834. The Bertz CT molecular complexity index is 586. The monoisotopic (exact) mass is 308 g/mol. The number of carbonyl (C=O) groups excluding carboxylic acids is 1. The van der Waals surface area contributed by atoms with Gasteiger partial charge in [0.05, 0.1) is 18.8 Å². The predicted molar refractivity (Wildman–Crippen MR) is 80.1 cm³/mol. The molecule has 21 heavy (non-hydrogen) atoms. The van der Waals surface area contributed by atoms with Gasteiger partial charge >= 0.3 is 6.03 Å². The summed E-state index contributed by atoms with van der Waals surface area (Å²) < 4.78 is 5.05. The van der Waals surface area contributed by atoms with Crippen LogP contribution in [-0.2, 0) is 0 Å². The molecule has 0 bridgehead atoms. The Labute approximate surface area is 127 Å². The summed E-state index contributed by atoms with van der Waals surface area (Å²) in [6.07, 6.45) is 0.597. The smallest absolute Gasteiger partial charge is 0.315 e. The van der Waals surface area contributed by atoms with Crippen molar-refractivity contribution >= 4 is 17.6 Å². The Morgan fingerprint density at radius 3 is 2.76 bits per heavy atom. The standard InChI is InChI=1S/C15H17ClN2O3/c1-10(11-5-2-3-6-12(11)16)18-15(20)17-9-13(19)14-7-4-8-21-14/h2-8,10,13,19H,9H2,1H3,(H2,17,18,20). The number of aliphatic hydroxyl groups is 1. The molecule has 0 fully saturated rings. The highest BCUT2D eigenvalue weighted by atomic mass is 35.5. The van der Waals surface area contributed by atoms with Gasteiger partial charge in [0.2, 0.25) is 0 Å². The van der Waals surface area contributed by atoms with E-state index in [4.69, 9.17) is 16.0 Å². The molecule has 0 spiro atoms. The van der Waals surface area contributed by atoms with Gasteiger partial charge in [-0.2, -0.15) is 0 Å². The number of carbonyl (C=O) groups is 1. The lowest BCUT2D eigenvalue weighted by Gasteiger charge is -2.17. The zero-order valence-electron chi connectivity index (χ0n) is 11.5. The molecule has 0 aliphatic heterocycles. The number of hydrogen-bond acceptors (Lipinski definition) is 3. The molecule has 5 nitrogen and oxygen atoms in total. The van der Waals surface area contributed by atoms with E-state index in [0.717, 1.165) is 5.56 Å². The number of nitrogens with one attached hydrogen (secondary N) is 2. The maximum absolute atomic E-state index is 11.8. The molecular formula is C15H17ClN2O3. The Morgan fingerprint density at radius 2 is 2.10 bits per heavy atom. The van der Waals surface area contributed by atoms with Crippen LogP contribution in [0.5, 0.6) is 0 Å². The van der Waals surface area contributed by atoms with Crippen LogP contribution in [0.25, 0.3) is 0 Å². The summed E-state index contributed by atoms with van der Waals surface area (Å²) in [5, 5.41) is 15.7. The first-order valence-electron chi connectivity index (χ1n) is 6.58. The van der Waals surface area contributed by atoms with E-state index < -0.39 is 6.10 Å². The minimum Gasteiger partial charge on any atom is -0.467 e. The molecule has 2 amide bonds. The lowest BCUT2D eigenvalue weighted by atomic mass is 10.1. The third-order valence-electron chi connectivity index (χ3n) is 3.05. The maximum atomic E-state index is 11.8. The van der Waals surface area contributed by atoms with E-state index in [-0.39, 0.29) is 18.6 Å². The van der Waals surface area contributed by atoms with Crippen LogP contribution in [0.15, 0.2) is 47.1 Å². The average Bonchev–Trinajstić information content (AvgIpc) is 2.99. The van der Waals surface area contributed by atoms with Gasteiger partial charge < -0.3 is 20.2 Å². The lowest BCUT2D eigenvalue weighted by molar-refractivity contribution is 0.147. The van der Waals surface area contributed by atoms with E-state index in [1.54, 1.807) is 18.2 Å². The van der Waals surface area contributed by atoms with Gasteiger partial charge in [-0.15, -0.1) is 0 Å². The minimum atomic E-state index is -0.874. The van der Waals surface area contributed by atoms with Crippen molar-refractivity contribution in [3.05, 3.63) is 59.0 Å². The van der Waals surface area contributed by atoms with Crippen LogP contribution >= 0.6 is 11.6 Å². The molecule has 3 N–H and O–H groups in total. The molecule has 1 aromatic heterocycles. The van der Waals surface area contributed by atoms with Gasteiger partial charge in [0, 0.05) is 5.02 Å². The van der Waals surface area contributed by atoms with Gasteiger partial charge in [-0.25, -0.2) is 4.79 Å². The number of amides is 2. The molecule has 0 saturated heterocycles. The average molecular weight is 309 g/mol. The second-order valence-corrected chi connectivity index (χ2v) is 5.04. The van der Waals surface area contributed by atoms with Crippen LogP contribution in [-0.4, -0.2) is 17.7 Å². The number of urea groups is 1. The molecule has 0 aliphatic rings. The lowest BCUT2D eigenvalue weighted by Crippen LogP contribution is -2.39. The van der Waals surface area contributed by atoms with Crippen molar-refractivity contribution in [2.75, 3.05) is 6.54 Å². The van der Waals surface area contributed by atoms with Gasteiger partial charge in [-0.05, 0) is 30.7 Å². The first kappa shape index (κ1) is 15.4. The Hall–Kier alpha value is -1.98. The van der Waals surface area contributed by atoms with Crippen LogP contribution in [0.2, 0.25) is 5.02 Å². The topological polar surface area (TPSA) is 74.5 Å². The third kappa shape index (κ3) is 4.24. The minimum absolute atomic E-state index is 0.0641. The summed E-state index contributed by atoms with van der Waals surface area (Å²) in [4.78, 5) is 11.8. The van der Waals surface area contributed by atoms with Crippen molar-refractivity contribution in [1.82, 2.24) is 10.6 Å². The first-order valence-corrected chi connectivity index (χ1v) is 6.96.